The summed E-state index contributed by atoms with van der Waals surface area (Å²) in [6.45, 7) is 0.752. The highest BCUT2D eigenvalue weighted by atomic mass is 16.1. The molecule has 0 unspecified atom stereocenters. The summed E-state index contributed by atoms with van der Waals surface area (Å²) in [5.41, 5.74) is 0.612. The van der Waals surface area contributed by atoms with Gasteiger partial charge in [-0.3, -0.25) is 9.59 Å². The maximum Gasteiger partial charge on any atom is 0.253 e. The molecule has 80 valence electrons. The number of likely N-dealkylation sites (tertiary alicyclic amines) is 1. The van der Waals surface area contributed by atoms with E-state index in [-0.39, 0.29) is 11.6 Å². The van der Waals surface area contributed by atoms with Crippen molar-refractivity contribution in [3.05, 3.63) is 34.2 Å². The first-order valence-corrected chi connectivity index (χ1v) is 5.21. The minimum Gasteiger partial charge on any atom is -0.338 e. The normalized spacial score (nSPS) is 21.3. The van der Waals surface area contributed by atoms with Crippen LogP contribution in [0.1, 0.15) is 30.9 Å². The quantitative estimate of drug-likeness (QED) is 0.735. The molecule has 2 heterocycles. The van der Waals surface area contributed by atoms with Crippen molar-refractivity contribution in [1.29, 1.82) is 0 Å². The van der Waals surface area contributed by atoms with Gasteiger partial charge in [0.1, 0.15) is 0 Å². The molecule has 0 bridgehead atoms. The Morgan fingerprint density at radius 3 is 3.07 bits per heavy atom. The van der Waals surface area contributed by atoms with Crippen LogP contribution in [0.2, 0.25) is 0 Å². The zero-order valence-corrected chi connectivity index (χ0v) is 8.48. The van der Waals surface area contributed by atoms with Gasteiger partial charge in [0, 0.05) is 18.3 Å². The highest BCUT2D eigenvalue weighted by molar-refractivity contribution is 5.49. The third-order valence-electron chi connectivity index (χ3n) is 2.89. The maximum absolute atomic E-state index is 11.6. The molecule has 1 aromatic heterocycles. The topological polar surface area (TPSA) is 53.2 Å². The number of nitrogens with one attached hydrogen (secondary N) is 1. The van der Waals surface area contributed by atoms with Gasteiger partial charge in [0.2, 0.25) is 6.41 Å². The van der Waals surface area contributed by atoms with Crippen LogP contribution in [0.25, 0.3) is 0 Å². The zero-order valence-electron chi connectivity index (χ0n) is 8.48. The molecule has 1 atom stereocenters. The standard InChI is InChI=1S/C11H14N2O2/c14-8-13-7-2-1-5-10(13)9-4-3-6-12-11(9)15/h3-4,6,8,10H,1-2,5,7H2,(H,12,15)/t10-/m1/s1. The van der Waals surface area contributed by atoms with E-state index in [0.29, 0.717) is 5.56 Å². The van der Waals surface area contributed by atoms with Crippen LogP contribution in [-0.2, 0) is 4.79 Å². The van der Waals surface area contributed by atoms with E-state index in [9.17, 15) is 9.59 Å². The fourth-order valence-corrected chi connectivity index (χ4v) is 2.11. The fourth-order valence-electron chi connectivity index (χ4n) is 2.11. The van der Waals surface area contributed by atoms with Crippen LogP contribution in [0.3, 0.4) is 0 Å². The second-order valence-corrected chi connectivity index (χ2v) is 3.81. The Kier molecular flexibility index (Phi) is 2.85. The lowest BCUT2D eigenvalue weighted by molar-refractivity contribution is -0.121. The van der Waals surface area contributed by atoms with E-state index in [1.165, 1.54) is 0 Å². The van der Waals surface area contributed by atoms with Gasteiger partial charge in [-0.05, 0) is 31.4 Å². The summed E-state index contributed by atoms with van der Waals surface area (Å²) in [6.07, 6.45) is 5.44. The molecule has 1 aliphatic heterocycles. The van der Waals surface area contributed by atoms with E-state index in [0.717, 1.165) is 32.2 Å². The Morgan fingerprint density at radius 2 is 2.33 bits per heavy atom. The third-order valence-corrected chi connectivity index (χ3v) is 2.89. The lowest BCUT2D eigenvalue weighted by atomic mass is 9.97. The van der Waals surface area contributed by atoms with Crippen molar-refractivity contribution in [3.63, 3.8) is 0 Å². The Bertz CT molecular complexity index is 400. The zero-order chi connectivity index (χ0) is 10.7. The number of carbonyl (C=O) groups excluding carboxylic acids is 1. The van der Waals surface area contributed by atoms with Crippen LogP contribution in [0.4, 0.5) is 0 Å². The number of rotatable bonds is 2. The molecule has 1 N–H and O–H groups in total. The molecule has 4 heteroatoms. The summed E-state index contributed by atoms with van der Waals surface area (Å²) >= 11 is 0. The van der Waals surface area contributed by atoms with Crippen LogP contribution in [0.15, 0.2) is 23.1 Å². The summed E-state index contributed by atoms with van der Waals surface area (Å²) in [6, 6.07) is 3.56. The largest absolute Gasteiger partial charge is 0.338 e. The molecular weight excluding hydrogens is 192 g/mol. The highest BCUT2D eigenvalue weighted by Gasteiger charge is 2.24. The third kappa shape index (κ3) is 1.93. The van der Waals surface area contributed by atoms with E-state index >= 15 is 0 Å². The van der Waals surface area contributed by atoms with E-state index in [4.69, 9.17) is 0 Å². The summed E-state index contributed by atoms with van der Waals surface area (Å²) in [5, 5.41) is 0. The number of hydrogen-bond donors (Lipinski definition) is 1. The Hall–Kier alpha value is -1.58. The van der Waals surface area contributed by atoms with Crippen molar-refractivity contribution in [2.75, 3.05) is 6.54 Å². The second kappa shape index (κ2) is 4.29. The average Bonchev–Trinajstić information content (AvgIpc) is 2.30. The Balaban J connectivity index is 2.32. The first-order chi connectivity index (χ1) is 7.33. The van der Waals surface area contributed by atoms with Crippen LogP contribution in [-0.4, -0.2) is 22.8 Å². The number of pyridine rings is 1. The predicted molar refractivity (Wildman–Crippen MR) is 56.4 cm³/mol. The van der Waals surface area contributed by atoms with Crippen LogP contribution >= 0.6 is 0 Å². The Labute approximate surface area is 87.9 Å². The molecule has 1 saturated heterocycles. The Morgan fingerprint density at radius 1 is 1.47 bits per heavy atom. The van der Waals surface area contributed by atoms with Crippen molar-refractivity contribution >= 4 is 6.41 Å². The number of hydrogen-bond acceptors (Lipinski definition) is 2. The number of aromatic amines is 1. The monoisotopic (exact) mass is 206 g/mol. The van der Waals surface area contributed by atoms with Gasteiger partial charge in [-0.2, -0.15) is 0 Å². The SMILES string of the molecule is O=CN1CCCC[C@@H]1c1ccc[nH]c1=O. The molecule has 0 aliphatic carbocycles. The molecule has 2 rings (SSSR count). The molecule has 0 saturated carbocycles. The van der Waals surface area contributed by atoms with E-state index in [2.05, 4.69) is 4.98 Å². The van der Waals surface area contributed by atoms with Gasteiger partial charge in [-0.25, -0.2) is 0 Å². The minimum absolute atomic E-state index is 0.0406. The fraction of sp³-hybridized carbons (Fsp3) is 0.455. The number of aromatic nitrogens is 1. The van der Waals surface area contributed by atoms with Gasteiger partial charge in [0.15, 0.2) is 0 Å². The molecular formula is C11H14N2O2. The molecule has 15 heavy (non-hydrogen) atoms. The van der Waals surface area contributed by atoms with Crippen LogP contribution in [0, 0.1) is 0 Å². The van der Waals surface area contributed by atoms with Crippen LogP contribution < -0.4 is 5.56 Å². The number of piperidine rings is 1. The van der Waals surface area contributed by atoms with Crippen molar-refractivity contribution in [2.45, 2.75) is 25.3 Å². The summed E-state index contributed by atoms with van der Waals surface area (Å²) < 4.78 is 0. The van der Waals surface area contributed by atoms with E-state index < -0.39 is 0 Å². The smallest absolute Gasteiger partial charge is 0.253 e. The first-order valence-electron chi connectivity index (χ1n) is 5.21. The molecule has 0 aromatic carbocycles. The summed E-state index contributed by atoms with van der Waals surface area (Å²) in [7, 11) is 0. The lowest BCUT2D eigenvalue weighted by Crippen LogP contribution is -2.35. The first kappa shape index (κ1) is 9.96. The molecule has 1 fully saturated rings. The number of H-pyrrole nitrogens is 1. The van der Waals surface area contributed by atoms with Crippen molar-refractivity contribution in [3.8, 4) is 0 Å². The van der Waals surface area contributed by atoms with E-state index in [1.807, 2.05) is 0 Å². The van der Waals surface area contributed by atoms with E-state index in [1.54, 1.807) is 23.2 Å². The molecule has 1 amide bonds. The number of carbonyl (C=O) groups is 1. The summed E-state index contributed by atoms with van der Waals surface area (Å²) in [4.78, 5) is 26.8. The van der Waals surface area contributed by atoms with Gasteiger partial charge in [0.05, 0.1) is 6.04 Å². The van der Waals surface area contributed by atoms with Gasteiger partial charge in [-0.1, -0.05) is 0 Å². The van der Waals surface area contributed by atoms with Gasteiger partial charge in [-0.15, -0.1) is 0 Å². The number of nitrogens with zero attached hydrogens (tertiary/aromatic N) is 1. The number of amides is 1. The van der Waals surface area contributed by atoms with Crippen molar-refractivity contribution < 1.29 is 4.79 Å². The van der Waals surface area contributed by atoms with Gasteiger partial charge < -0.3 is 9.88 Å². The molecule has 0 spiro atoms. The molecule has 0 radical (unpaired) electrons. The van der Waals surface area contributed by atoms with Crippen molar-refractivity contribution in [1.82, 2.24) is 9.88 Å². The second-order valence-electron chi connectivity index (χ2n) is 3.81. The minimum atomic E-state index is -0.0868. The summed E-state index contributed by atoms with van der Waals surface area (Å²) in [5.74, 6) is 0. The maximum atomic E-state index is 11.6. The van der Waals surface area contributed by atoms with Crippen molar-refractivity contribution in [2.24, 2.45) is 0 Å². The molecule has 1 aromatic rings. The predicted octanol–water partition coefficient (Wildman–Crippen LogP) is 1.06. The van der Waals surface area contributed by atoms with Gasteiger partial charge >= 0.3 is 0 Å². The average molecular weight is 206 g/mol. The molecule has 4 nitrogen and oxygen atoms in total. The highest BCUT2D eigenvalue weighted by Crippen LogP contribution is 2.27. The van der Waals surface area contributed by atoms with Crippen LogP contribution in [0.5, 0.6) is 0 Å². The lowest BCUT2D eigenvalue weighted by Gasteiger charge is -2.32. The van der Waals surface area contributed by atoms with Gasteiger partial charge in [0.25, 0.3) is 5.56 Å². The molecule has 1 aliphatic rings.